The second kappa shape index (κ2) is 4.60. The van der Waals surface area contributed by atoms with Gasteiger partial charge in [-0.05, 0) is 48.6 Å². The molecule has 3 heteroatoms. The van der Waals surface area contributed by atoms with Gasteiger partial charge >= 0.3 is 0 Å². The number of H-pyrrole nitrogens is 1. The van der Waals surface area contributed by atoms with Crippen LogP contribution >= 0.6 is 0 Å². The number of aromatic amines is 1. The fourth-order valence-electron chi connectivity index (χ4n) is 2.57. The number of hydrogen-bond donors (Lipinski definition) is 1. The third kappa shape index (κ3) is 2.01. The normalized spacial score (nSPS) is 10.9. The van der Waals surface area contributed by atoms with Gasteiger partial charge in [-0.25, -0.2) is 4.39 Å². The Morgan fingerprint density at radius 2 is 1.75 bits per heavy atom. The van der Waals surface area contributed by atoms with Gasteiger partial charge in [0.25, 0.3) is 5.56 Å². The predicted molar refractivity (Wildman–Crippen MR) is 79.4 cm³/mol. The van der Waals surface area contributed by atoms with E-state index in [-0.39, 0.29) is 11.4 Å². The Morgan fingerprint density at radius 3 is 2.50 bits per heavy atom. The number of aromatic nitrogens is 1. The first-order chi connectivity index (χ1) is 9.56. The maximum absolute atomic E-state index is 13.5. The third-order valence-electron chi connectivity index (χ3n) is 3.54. The molecule has 0 aliphatic rings. The fraction of sp³-hybridized carbons (Fsp3) is 0.118. The number of benzene rings is 2. The molecule has 100 valence electrons. The summed E-state index contributed by atoms with van der Waals surface area (Å²) in [4.78, 5) is 14.6. The lowest BCUT2D eigenvalue weighted by atomic mass is 9.96. The average Bonchev–Trinajstić information content (AvgIpc) is 2.40. The van der Waals surface area contributed by atoms with E-state index in [1.54, 1.807) is 6.20 Å². The van der Waals surface area contributed by atoms with Gasteiger partial charge in [0.1, 0.15) is 5.82 Å². The summed E-state index contributed by atoms with van der Waals surface area (Å²) < 4.78 is 13.5. The van der Waals surface area contributed by atoms with E-state index in [1.807, 2.05) is 26.0 Å². The molecule has 0 unspecified atom stereocenters. The van der Waals surface area contributed by atoms with Crippen LogP contribution in [0, 0.1) is 19.7 Å². The Morgan fingerprint density at radius 1 is 0.950 bits per heavy atom. The topological polar surface area (TPSA) is 32.9 Å². The van der Waals surface area contributed by atoms with Crippen LogP contribution in [0.25, 0.3) is 21.9 Å². The largest absolute Gasteiger partial charge is 0.328 e. The van der Waals surface area contributed by atoms with Crippen molar-refractivity contribution in [3.63, 3.8) is 0 Å². The first kappa shape index (κ1) is 12.6. The molecule has 2 nitrogen and oxygen atoms in total. The number of pyridine rings is 1. The molecule has 3 aromatic rings. The van der Waals surface area contributed by atoms with E-state index >= 15 is 0 Å². The maximum Gasteiger partial charge on any atom is 0.255 e. The highest BCUT2D eigenvalue weighted by molar-refractivity contribution is 5.96. The Hall–Kier alpha value is -2.42. The van der Waals surface area contributed by atoms with E-state index in [9.17, 15) is 9.18 Å². The summed E-state index contributed by atoms with van der Waals surface area (Å²) in [5.74, 6) is -0.339. The maximum atomic E-state index is 13.5. The average molecular weight is 267 g/mol. The van der Waals surface area contributed by atoms with Crippen molar-refractivity contribution in [2.24, 2.45) is 0 Å². The molecule has 0 aliphatic carbocycles. The van der Waals surface area contributed by atoms with Crippen LogP contribution in [0.3, 0.4) is 0 Å². The van der Waals surface area contributed by atoms with Gasteiger partial charge in [-0.1, -0.05) is 23.8 Å². The highest BCUT2D eigenvalue weighted by atomic mass is 19.1. The molecule has 0 spiro atoms. The van der Waals surface area contributed by atoms with Crippen LogP contribution in [0.4, 0.5) is 4.39 Å². The van der Waals surface area contributed by atoms with Gasteiger partial charge in [0, 0.05) is 17.1 Å². The Balaban J connectivity index is 2.39. The highest BCUT2D eigenvalue weighted by Gasteiger charge is 2.10. The second-order valence-corrected chi connectivity index (χ2v) is 5.04. The van der Waals surface area contributed by atoms with Crippen molar-refractivity contribution in [3.05, 3.63) is 69.9 Å². The zero-order chi connectivity index (χ0) is 14.3. The van der Waals surface area contributed by atoms with Crippen LogP contribution in [0.15, 0.2) is 47.4 Å². The number of rotatable bonds is 1. The van der Waals surface area contributed by atoms with Gasteiger partial charge in [0.2, 0.25) is 0 Å². The van der Waals surface area contributed by atoms with E-state index in [0.717, 1.165) is 16.7 Å². The number of hydrogen-bond acceptors (Lipinski definition) is 1. The van der Waals surface area contributed by atoms with Gasteiger partial charge in [-0.2, -0.15) is 0 Å². The van der Waals surface area contributed by atoms with Crippen LogP contribution in [-0.2, 0) is 0 Å². The quantitative estimate of drug-likeness (QED) is 0.711. The summed E-state index contributed by atoms with van der Waals surface area (Å²) >= 11 is 0. The molecule has 1 heterocycles. The smallest absolute Gasteiger partial charge is 0.255 e. The molecular formula is C17H14FNO. The van der Waals surface area contributed by atoms with Crippen molar-refractivity contribution >= 4 is 10.8 Å². The van der Waals surface area contributed by atoms with Crippen LogP contribution in [0.1, 0.15) is 11.1 Å². The van der Waals surface area contributed by atoms with Crippen LogP contribution in [0.2, 0.25) is 0 Å². The first-order valence-corrected chi connectivity index (χ1v) is 6.45. The summed E-state index contributed by atoms with van der Waals surface area (Å²) in [5, 5.41) is 1.14. The first-order valence-electron chi connectivity index (χ1n) is 6.45. The Labute approximate surface area is 115 Å². The zero-order valence-electron chi connectivity index (χ0n) is 11.3. The number of fused-ring (bicyclic) bond motifs is 1. The molecule has 3 rings (SSSR count). The van der Waals surface area contributed by atoms with Crippen molar-refractivity contribution < 1.29 is 4.39 Å². The number of nitrogens with one attached hydrogen (secondary N) is 1. The molecule has 0 bridgehead atoms. The molecule has 1 aromatic heterocycles. The summed E-state index contributed by atoms with van der Waals surface area (Å²) in [5.41, 5.74) is 3.92. The summed E-state index contributed by atoms with van der Waals surface area (Å²) in [6.07, 6.45) is 1.65. The van der Waals surface area contributed by atoms with Crippen molar-refractivity contribution in [3.8, 4) is 11.1 Å². The molecule has 0 aliphatic heterocycles. The summed E-state index contributed by atoms with van der Waals surface area (Å²) in [7, 11) is 0. The molecule has 2 aromatic carbocycles. The lowest BCUT2D eigenvalue weighted by Gasteiger charge is -2.10. The van der Waals surface area contributed by atoms with Gasteiger partial charge < -0.3 is 4.98 Å². The monoisotopic (exact) mass is 267 g/mol. The Kier molecular flexibility index (Phi) is 2.90. The zero-order valence-corrected chi connectivity index (χ0v) is 11.3. The summed E-state index contributed by atoms with van der Waals surface area (Å²) in [6.45, 7) is 4.04. The molecule has 0 saturated heterocycles. The lowest BCUT2D eigenvalue weighted by Crippen LogP contribution is -2.06. The van der Waals surface area contributed by atoms with Crippen molar-refractivity contribution in [2.45, 2.75) is 13.8 Å². The SMILES string of the molecule is Cc1ccc(-c2c[nH]c(=O)c3ccc(F)cc23)c(C)c1. The number of halogens is 1. The molecule has 0 atom stereocenters. The van der Waals surface area contributed by atoms with Crippen molar-refractivity contribution in [1.82, 2.24) is 4.98 Å². The molecular weight excluding hydrogens is 253 g/mol. The van der Waals surface area contributed by atoms with Crippen LogP contribution in [0.5, 0.6) is 0 Å². The summed E-state index contributed by atoms with van der Waals surface area (Å²) in [6, 6.07) is 10.3. The molecule has 20 heavy (non-hydrogen) atoms. The standard InChI is InChI=1S/C17H14FNO/c1-10-3-5-13(11(2)7-10)16-9-19-17(20)14-6-4-12(18)8-15(14)16/h3-9H,1-2H3,(H,19,20). The van der Waals surface area contributed by atoms with Crippen molar-refractivity contribution in [1.29, 1.82) is 0 Å². The third-order valence-corrected chi connectivity index (χ3v) is 3.54. The van der Waals surface area contributed by atoms with Crippen LogP contribution in [-0.4, -0.2) is 4.98 Å². The molecule has 1 N–H and O–H groups in total. The van der Waals surface area contributed by atoms with Crippen molar-refractivity contribution in [2.75, 3.05) is 0 Å². The second-order valence-electron chi connectivity index (χ2n) is 5.04. The van der Waals surface area contributed by atoms with Gasteiger partial charge in [-0.3, -0.25) is 4.79 Å². The van der Waals surface area contributed by atoms with E-state index < -0.39 is 0 Å². The molecule has 0 amide bonds. The van der Waals surface area contributed by atoms with E-state index in [2.05, 4.69) is 11.1 Å². The van der Waals surface area contributed by atoms with Crippen LogP contribution < -0.4 is 5.56 Å². The predicted octanol–water partition coefficient (Wildman–Crippen LogP) is 3.95. The minimum atomic E-state index is -0.339. The van der Waals surface area contributed by atoms with E-state index in [0.29, 0.717) is 10.8 Å². The fourth-order valence-corrected chi connectivity index (χ4v) is 2.57. The Bertz CT molecular complexity index is 864. The minimum absolute atomic E-state index is 0.200. The molecule has 0 saturated carbocycles. The number of aryl methyl sites for hydroxylation is 2. The highest BCUT2D eigenvalue weighted by Crippen LogP contribution is 2.29. The van der Waals surface area contributed by atoms with E-state index in [1.165, 1.54) is 23.8 Å². The minimum Gasteiger partial charge on any atom is -0.328 e. The van der Waals surface area contributed by atoms with Gasteiger partial charge in [-0.15, -0.1) is 0 Å². The molecule has 0 radical (unpaired) electrons. The van der Waals surface area contributed by atoms with Gasteiger partial charge in [0.05, 0.1) is 0 Å². The van der Waals surface area contributed by atoms with E-state index in [4.69, 9.17) is 0 Å². The van der Waals surface area contributed by atoms with Gasteiger partial charge in [0.15, 0.2) is 0 Å². The molecule has 0 fully saturated rings. The lowest BCUT2D eigenvalue weighted by molar-refractivity contribution is 0.629.